The Morgan fingerprint density at radius 1 is 0.950 bits per heavy atom. The van der Waals surface area contributed by atoms with Crippen molar-refractivity contribution < 1.29 is 29.9 Å². The summed E-state index contributed by atoms with van der Waals surface area (Å²) in [6.45, 7) is 2.12. The van der Waals surface area contributed by atoms with Crippen LogP contribution in [0.25, 0.3) is 0 Å². The van der Waals surface area contributed by atoms with Crippen molar-refractivity contribution in [3.63, 3.8) is 0 Å². The molecule has 1 aliphatic heterocycles. The van der Waals surface area contributed by atoms with Gasteiger partial charge in [0.25, 0.3) is 0 Å². The third kappa shape index (κ3) is 5.27. The molecule has 1 fully saturated rings. The van der Waals surface area contributed by atoms with E-state index in [1.807, 2.05) is 0 Å². The van der Waals surface area contributed by atoms with Gasteiger partial charge in [0.1, 0.15) is 24.4 Å². The maximum absolute atomic E-state index is 9.86. The zero-order valence-corrected chi connectivity index (χ0v) is 12.1. The number of unbranched alkanes of at least 4 members (excludes halogenated alkanes) is 5. The van der Waals surface area contributed by atoms with Crippen LogP contribution in [-0.2, 0) is 9.47 Å². The summed E-state index contributed by atoms with van der Waals surface area (Å²) in [4.78, 5) is 0. The number of rotatable bonds is 9. The van der Waals surface area contributed by atoms with E-state index in [-0.39, 0.29) is 0 Å². The Labute approximate surface area is 120 Å². The van der Waals surface area contributed by atoms with Crippen molar-refractivity contribution in [2.45, 2.75) is 76.2 Å². The van der Waals surface area contributed by atoms with Crippen LogP contribution in [0.1, 0.15) is 45.4 Å². The average molecular weight is 292 g/mol. The van der Waals surface area contributed by atoms with E-state index in [0.29, 0.717) is 6.61 Å². The second kappa shape index (κ2) is 9.65. The lowest BCUT2D eigenvalue weighted by molar-refractivity contribution is -0.296. The summed E-state index contributed by atoms with van der Waals surface area (Å²) in [6.07, 6.45) is 0.920. The average Bonchev–Trinajstić information content (AvgIpc) is 2.45. The molecular formula is C14H28O6. The predicted octanol–water partition coefficient (Wildman–Crippen LogP) is 0.163. The van der Waals surface area contributed by atoms with Gasteiger partial charge in [-0.05, 0) is 6.42 Å². The minimum absolute atomic E-state index is 0.408. The molecule has 0 aliphatic carbocycles. The first-order valence-corrected chi connectivity index (χ1v) is 7.54. The van der Waals surface area contributed by atoms with E-state index in [4.69, 9.17) is 14.6 Å². The van der Waals surface area contributed by atoms with Crippen LogP contribution in [0.15, 0.2) is 0 Å². The van der Waals surface area contributed by atoms with Crippen molar-refractivity contribution in [2.24, 2.45) is 0 Å². The molecule has 0 aromatic rings. The van der Waals surface area contributed by atoms with Crippen LogP contribution in [0, 0.1) is 0 Å². The van der Waals surface area contributed by atoms with Crippen LogP contribution in [0.5, 0.6) is 0 Å². The lowest BCUT2D eigenvalue weighted by Gasteiger charge is -2.39. The Bertz CT molecular complexity index is 250. The molecule has 1 aliphatic rings. The summed E-state index contributed by atoms with van der Waals surface area (Å²) < 4.78 is 10.4. The van der Waals surface area contributed by atoms with Crippen molar-refractivity contribution >= 4 is 0 Å². The van der Waals surface area contributed by atoms with Gasteiger partial charge in [-0.25, -0.2) is 0 Å². The number of hydrogen-bond acceptors (Lipinski definition) is 6. The molecule has 1 rings (SSSR count). The van der Waals surface area contributed by atoms with Gasteiger partial charge in [-0.15, -0.1) is 0 Å². The van der Waals surface area contributed by atoms with E-state index < -0.39 is 37.3 Å². The van der Waals surface area contributed by atoms with Crippen molar-refractivity contribution in [3.8, 4) is 0 Å². The highest BCUT2D eigenvalue weighted by Gasteiger charge is 2.44. The number of aliphatic hydroxyl groups is 4. The lowest BCUT2D eigenvalue weighted by atomic mass is 9.99. The summed E-state index contributed by atoms with van der Waals surface area (Å²) in [6, 6.07) is 0. The third-order valence-corrected chi connectivity index (χ3v) is 3.65. The Hall–Kier alpha value is -0.240. The maximum Gasteiger partial charge on any atom is 0.184 e. The third-order valence-electron chi connectivity index (χ3n) is 3.65. The topological polar surface area (TPSA) is 99.4 Å². The standard InChI is InChI=1S/C14H28O6/c1-2-3-4-5-6-7-8-19-13-12(17)11(16)10(9-15)20-14(13)18/h10-18H,2-9H2,1H3. The number of hydrogen-bond donors (Lipinski definition) is 4. The van der Waals surface area contributed by atoms with Crippen LogP contribution in [0.3, 0.4) is 0 Å². The van der Waals surface area contributed by atoms with E-state index in [0.717, 1.165) is 19.3 Å². The zero-order valence-electron chi connectivity index (χ0n) is 12.1. The van der Waals surface area contributed by atoms with Crippen molar-refractivity contribution in [1.29, 1.82) is 0 Å². The quantitative estimate of drug-likeness (QED) is 0.452. The summed E-state index contributed by atoms with van der Waals surface area (Å²) in [5.74, 6) is 0. The maximum atomic E-state index is 9.86. The van der Waals surface area contributed by atoms with Crippen LogP contribution < -0.4 is 0 Å². The molecule has 6 heteroatoms. The molecule has 0 amide bonds. The van der Waals surface area contributed by atoms with Gasteiger partial charge in [0, 0.05) is 6.61 Å². The van der Waals surface area contributed by atoms with E-state index >= 15 is 0 Å². The summed E-state index contributed by atoms with van der Waals surface area (Å²) in [5, 5.41) is 38.2. The fourth-order valence-corrected chi connectivity index (χ4v) is 2.35. The van der Waals surface area contributed by atoms with E-state index in [1.54, 1.807) is 0 Å². The first kappa shape index (κ1) is 17.8. The molecule has 0 aromatic carbocycles. The highest BCUT2D eigenvalue weighted by molar-refractivity contribution is 4.89. The van der Waals surface area contributed by atoms with Crippen LogP contribution in [0.2, 0.25) is 0 Å². The van der Waals surface area contributed by atoms with Gasteiger partial charge < -0.3 is 29.9 Å². The lowest BCUT2D eigenvalue weighted by Crippen LogP contribution is -2.59. The SMILES string of the molecule is CCCCCCCCOC1C(O)OC(CO)C(O)C1O. The molecule has 5 unspecified atom stereocenters. The second-order valence-electron chi connectivity index (χ2n) is 5.33. The van der Waals surface area contributed by atoms with Crippen LogP contribution in [-0.4, -0.2) is 64.3 Å². The monoisotopic (exact) mass is 292 g/mol. The fourth-order valence-electron chi connectivity index (χ4n) is 2.35. The largest absolute Gasteiger partial charge is 0.394 e. The van der Waals surface area contributed by atoms with Gasteiger partial charge in [-0.3, -0.25) is 0 Å². The molecule has 20 heavy (non-hydrogen) atoms. The summed E-state index contributed by atoms with van der Waals surface area (Å²) in [7, 11) is 0. The molecule has 6 nitrogen and oxygen atoms in total. The van der Waals surface area contributed by atoms with Gasteiger partial charge in [-0.2, -0.15) is 0 Å². The minimum atomic E-state index is -1.33. The highest BCUT2D eigenvalue weighted by Crippen LogP contribution is 2.22. The second-order valence-corrected chi connectivity index (χ2v) is 5.33. The van der Waals surface area contributed by atoms with Gasteiger partial charge in [0.2, 0.25) is 0 Å². The molecule has 0 aromatic heterocycles. The van der Waals surface area contributed by atoms with Crippen molar-refractivity contribution in [1.82, 2.24) is 0 Å². The molecule has 0 bridgehead atoms. The van der Waals surface area contributed by atoms with Crippen LogP contribution >= 0.6 is 0 Å². The number of aliphatic hydroxyl groups excluding tert-OH is 4. The Kier molecular flexibility index (Phi) is 8.60. The van der Waals surface area contributed by atoms with Gasteiger partial charge in [0.05, 0.1) is 6.61 Å². The van der Waals surface area contributed by atoms with Crippen molar-refractivity contribution in [3.05, 3.63) is 0 Å². The van der Waals surface area contributed by atoms with Crippen molar-refractivity contribution in [2.75, 3.05) is 13.2 Å². The molecule has 5 atom stereocenters. The van der Waals surface area contributed by atoms with Crippen LogP contribution in [0.4, 0.5) is 0 Å². The normalized spacial score (nSPS) is 34.4. The predicted molar refractivity (Wildman–Crippen MR) is 73.1 cm³/mol. The fraction of sp³-hybridized carbons (Fsp3) is 1.00. The smallest absolute Gasteiger partial charge is 0.184 e. The van der Waals surface area contributed by atoms with Gasteiger partial charge in [-0.1, -0.05) is 39.0 Å². The Morgan fingerprint density at radius 3 is 2.25 bits per heavy atom. The van der Waals surface area contributed by atoms with Gasteiger partial charge in [0.15, 0.2) is 6.29 Å². The molecule has 120 valence electrons. The molecule has 0 radical (unpaired) electrons. The number of ether oxygens (including phenoxy) is 2. The minimum Gasteiger partial charge on any atom is -0.394 e. The van der Waals surface area contributed by atoms with E-state index in [2.05, 4.69) is 6.92 Å². The molecule has 1 saturated heterocycles. The Morgan fingerprint density at radius 2 is 1.60 bits per heavy atom. The summed E-state index contributed by atoms with van der Waals surface area (Å²) >= 11 is 0. The molecular weight excluding hydrogens is 264 g/mol. The molecule has 0 spiro atoms. The van der Waals surface area contributed by atoms with E-state index in [9.17, 15) is 15.3 Å². The molecule has 1 heterocycles. The zero-order chi connectivity index (χ0) is 15.0. The Balaban J connectivity index is 2.22. The molecule has 0 saturated carbocycles. The first-order chi connectivity index (χ1) is 9.61. The molecule has 4 N–H and O–H groups in total. The van der Waals surface area contributed by atoms with Gasteiger partial charge >= 0.3 is 0 Å². The highest BCUT2D eigenvalue weighted by atomic mass is 16.7. The summed E-state index contributed by atoms with van der Waals surface area (Å²) in [5.41, 5.74) is 0. The first-order valence-electron chi connectivity index (χ1n) is 7.54. The van der Waals surface area contributed by atoms with E-state index in [1.165, 1.54) is 19.3 Å².